The van der Waals surface area contributed by atoms with Crippen LogP contribution in [0.3, 0.4) is 0 Å². The second kappa shape index (κ2) is 2.56. The molecule has 0 aromatic heterocycles. The summed E-state index contributed by atoms with van der Waals surface area (Å²) in [6.07, 6.45) is 3.41. The lowest BCUT2D eigenvalue weighted by Crippen LogP contribution is -2.23. The summed E-state index contributed by atoms with van der Waals surface area (Å²) in [4.78, 5) is 0. The number of hydrogen-bond donors (Lipinski definition) is 2. The minimum absolute atomic E-state index is 0.785. The van der Waals surface area contributed by atoms with Crippen LogP contribution in [0.5, 0.6) is 0 Å². The highest BCUT2D eigenvalue weighted by atomic mass is 32.2. The molecule has 44 valence electrons. The van der Waals surface area contributed by atoms with E-state index in [0.29, 0.717) is 0 Å². The summed E-state index contributed by atoms with van der Waals surface area (Å²) in [6.45, 7) is 0. The molecule has 0 unspecified atom stereocenters. The SMILES string of the molecule is CSC1=NNC=NN1. The van der Waals surface area contributed by atoms with Crippen LogP contribution in [0.4, 0.5) is 0 Å². The Morgan fingerprint density at radius 1 is 1.75 bits per heavy atom. The fourth-order valence-corrected chi connectivity index (χ4v) is 0.608. The number of hydrogen-bond acceptors (Lipinski definition) is 5. The number of rotatable bonds is 0. The molecule has 0 saturated carbocycles. The van der Waals surface area contributed by atoms with Crippen molar-refractivity contribution in [3.8, 4) is 0 Å². The standard InChI is InChI=1S/C3H6N4S/c1-8-3-6-4-2-5-7-3/h2H,1H3,(H,4,5)(H,6,7). The topological polar surface area (TPSA) is 48.8 Å². The van der Waals surface area contributed by atoms with E-state index < -0.39 is 0 Å². The van der Waals surface area contributed by atoms with Crippen LogP contribution in [-0.4, -0.2) is 17.8 Å². The Hall–Kier alpha value is -0.710. The number of hydrazone groups is 2. The highest BCUT2D eigenvalue weighted by Crippen LogP contribution is 1.93. The van der Waals surface area contributed by atoms with Crippen molar-refractivity contribution < 1.29 is 0 Å². The van der Waals surface area contributed by atoms with Gasteiger partial charge in [0.15, 0.2) is 0 Å². The monoisotopic (exact) mass is 130 g/mol. The van der Waals surface area contributed by atoms with E-state index in [1.807, 2.05) is 6.26 Å². The Labute approximate surface area is 51.4 Å². The molecular weight excluding hydrogens is 124 g/mol. The van der Waals surface area contributed by atoms with Crippen LogP contribution in [0.1, 0.15) is 0 Å². The van der Waals surface area contributed by atoms with Crippen molar-refractivity contribution in [3.63, 3.8) is 0 Å². The Morgan fingerprint density at radius 3 is 3.00 bits per heavy atom. The predicted octanol–water partition coefficient (Wildman–Crippen LogP) is -0.243. The maximum Gasteiger partial charge on any atom is 0.200 e. The Bertz CT molecular complexity index is 129. The first-order valence-corrected chi connectivity index (χ1v) is 3.30. The quantitative estimate of drug-likeness (QED) is 0.475. The second-order valence-electron chi connectivity index (χ2n) is 1.12. The van der Waals surface area contributed by atoms with Gasteiger partial charge in [0.2, 0.25) is 5.17 Å². The van der Waals surface area contributed by atoms with Crippen molar-refractivity contribution in [1.29, 1.82) is 0 Å². The summed E-state index contributed by atoms with van der Waals surface area (Å²) in [5.41, 5.74) is 5.29. The van der Waals surface area contributed by atoms with Gasteiger partial charge in [-0.05, 0) is 6.26 Å². The second-order valence-corrected chi connectivity index (χ2v) is 1.92. The van der Waals surface area contributed by atoms with Crippen molar-refractivity contribution in [2.45, 2.75) is 0 Å². The lowest BCUT2D eigenvalue weighted by molar-refractivity contribution is 0.922. The van der Waals surface area contributed by atoms with Gasteiger partial charge >= 0.3 is 0 Å². The smallest absolute Gasteiger partial charge is 0.200 e. The van der Waals surface area contributed by atoms with Crippen molar-refractivity contribution in [3.05, 3.63) is 0 Å². The van der Waals surface area contributed by atoms with Gasteiger partial charge in [0.1, 0.15) is 6.34 Å². The van der Waals surface area contributed by atoms with Gasteiger partial charge in [-0.1, -0.05) is 11.8 Å². The average Bonchev–Trinajstić information content (AvgIpc) is 1.90. The van der Waals surface area contributed by atoms with E-state index >= 15 is 0 Å². The van der Waals surface area contributed by atoms with E-state index in [1.165, 1.54) is 18.1 Å². The molecule has 0 spiro atoms. The van der Waals surface area contributed by atoms with E-state index in [4.69, 9.17) is 0 Å². The van der Waals surface area contributed by atoms with Gasteiger partial charge in [-0.15, -0.1) is 5.10 Å². The molecule has 4 nitrogen and oxygen atoms in total. The molecule has 0 aromatic rings. The van der Waals surface area contributed by atoms with E-state index in [-0.39, 0.29) is 0 Å². The fraction of sp³-hybridized carbons (Fsp3) is 0.333. The van der Waals surface area contributed by atoms with Gasteiger partial charge in [0.25, 0.3) is 0 Å². The lowest BCUT2D eigenvalue weighted by Gasteiger charge is -2.04. The van der Waals surface area contributed by atoms with Crippen LogP contribution in [0.25, 0.3) is 0 Å². The van der Waals surface area contributed by atoms with Gasteiger partial charge in [0, 0.05) is 0 Å². The Morgan fingerprint density at radius 2 is 2.62 bits per heavy atom. The maximum atomic E-state index is 3.82. The summed E-state index contributed by atoms with van der Waals surface area (Å²) >= 11 is 1.51. The van der Waals surface area contributed by atoms with Crippen molar-refractivity contribution >= 4 is 23.3 Å². The van der Waals surface area contributed by atoms with Crippen molar-refractivity contribution in [2.75, 3.05) is 6.26 Å². The molecule has 0 fully saturated rings. The molecule has 0 radical (unpaired) electrons. The third-order valence-corrected chi connectivity index (χ3v) is 1.21. The Kier molecular flexibility index (Phi) is 1.74. The largest absolute Gasteiger partial charge is 0.263 e. The van der Waals surface area contributed by atoms with E-state index in [2.05, 4.69) is 21.1 Å². The molecule has 0 saturated heterocycles. The summed E-state index contributed by atoms with van der Waals surface area (Å²) in [6, 6.07) is 0. The summed E-state index contributed by atoms with van der Waals surface area (Å²) < 4.78 is 0. The third kappa shape index (κ3) is 1.13. The predicted molar refractivity (Wildman–Crippen MR) is 35.7 cm³/mol. The van der Waals surface area contributed by atoms with Gasteiger partial charge < -0.3 is 0 Å². The third-order valence-electron chi connectivity index (χ3n) is 0.642. The molecule has 5 heteroatoms. The van der Waals surface area contributed by atoms with Gasteiger partial charge in [-0.3, -0.25) is 10.9 Å². The highest BCUT2D eigenvalue weighted by Gasteiger charge is 1.94. The van der Waals surface area contributed by atoms with Gasteiger partial charge in [-0.2, -0.15) is 5.10 Å². The van der Waals surface area contributed by atoms with Crippen LogP contribution < -0.4 is 10.9 Å². The first-order chi connectivity index (χ1) is 3.93. The van der Waals surface area contributed by atoms with Gasteiger partial charge in [0.05, 0.1) is 0 Å². The summed E-state index contributed by atoms with van der Waals surface area (Å²) in [5, 5.41) is 8.29. The van der Waals surface area contributed by atoms with Crippen molar-refractivity contribution in [1.82, 2.24) is 10.9 Å². The molecule has 1 rings (SSSR count). The fourth-order valence-electron chi connectivity index (χ4n) is 0.320. The number of amidine groups is 1. The molecule has 0 aromatic carbocycles. The zero-order valence-electron chi connectivity index (χ0n) is 4.38. The zero-order chi connectivity index (χ0) is 5.82. The molecule has 8 heavy (non-hydrogen) atoms. The summed E-state index contributed by atoms with van der Waals surface area (Å²) in [5.74, 6) is 0. The van der Waals surface area contributed by atoms with Crippen LogP contribution in [0.2, 0.25) is 0 Å². The highest BCUT2D eigenvalue weighted by molar-refractivity contribution is 8.13. The first kappa shape index (κ1) is 5.43. The molecule has 0 aliphatic carbocycles. The molecule has 0 amide bonds. The lowest BCUT2D eigenvalue weighted by atomic mass is 11.2. The normalized spacial score (nSPS) is 16.4. The van der Waals surface area contributed by atoms with Crippen LogP contribution >= 0.6 is 11.8 Å². The molecule has 1 aliphatic rings. The number of nitrogens with one attached hydrogen (secondary N) is 2. The van der Waals surface area contributed by atoms with Crippen LogP contribution in [0.15, 0.2) is 10.2 Å². The molecule has 2 N–H and O–H groups in total. The first-order valence-electron chi connectivity index (χ1n) is 2.08. The molecule has 0 bridgehead atoms. The average molecular weight is 130 g/mol. The van der Waals surface area contributed by atoms with E-state index in [0.717, 1.165) is 5.17 Å². The molecule has 0 atom stereocenters. The van der Waals surface area contributed by atoms with Crippen molar-refractivity contribution in [2.24, 2.45) is 10.2 Å². The number of nitrogens with zero attached hydrogens (tertiary/aromatic N) is 2. The molecule has 1 heterocycles. The molecule has 1 aliphatic heterocycles. The van der Waals surface area contributed by atoms with Crippen LogP contribution in [-0.2, 0) is 0 Å². The van der Waals surface area contributed by atoms with Gasteiger partial charge in [-0.25, -0.2) is 0 Å². The Balaban J connectivity index is 2.43. The minimum Gasteiger partial charge on any atom is -0.263 e. The minimum atomic E-state index is 0.785. The van der Waals surface area contributed by atoms with E-state index in [9.17, 15) is 0 Å². The zero-order valence-corrected chi connectivity index (χ0v) is 5.20. The van der Waals surface area contributed by atoms with Crippen LogP contribution in [0, 0.1) is 0 Å². The maximum absolute atomic E-state index is 3.82. The van der Waals surface area contributed by atoms with E-state index in [1.54, 1.807) is 0 Å². The number of thioether (sulfide) groups is 1. The molecular formula is C3H6N4S. The summed E-state index contributed by atoms with van der Waals surface area (Å²) in [7, 11) is 0.